The predicted octanol–water partition coefficient (Wildman–Crippen LogP) is 1.02. The highest BCUT2D eigenvalue weighted by Gasteiger charge is 2.49. The Bertz CT molecular complexity index is 1290. The van der Waals surface area contributed by atoms with Crippen LogP contribution in [0.15, 0.2) is 24.3 Å². The first-order chi connectivity index (χ1) is 16.9. The van der Waals surface area contributed by atoms with Crippen LogP contribution in [0, 0.1) is 0 Å². The fraction of sp³-hybridized carbons (Fsp3) is 0.423. The van der Waals surface area contributed by atoms with Gasteiger partial charge in [0.2, 0.25) is 0 Å². The van der Waals surface area contributed by atoms with Gasteiger partial charge in [-0.2, -0.15) is 0 Å². The lowest BCUT2D eigenvalue weighted by molar-refractivity contribution is -0.247. The molecule has 2 aliphatic carbocycles. The molecule has 10 nitrogen and oxygen atoms in total. The number of aliphatic hydroxyl groups is 2. The van der Waals surface area contributed by atoms with Crippen molar-refractivity contribution in [3.63, 3.8) is 0 Å². The van der Waals surface area contributed by atoms with Gasteiger partial charge in [-0.15, -0.1) is 0 Å². The summed E-state index contributed by atoms with van der Waals surface area (Å²) in [6.07, 6.45) is -4.38. The highest BCUT2D eigenvalue weighted by molar-refractivity contribution is 6.30. The Kier molecular flexibility index (Phi) is 5.77. The summed E-state index contributed by atoms with van der Waals surface area (Å²) in [5.41, 5.74) is 3.38. The SMILES string of the molecule is CC(=O)[C@]1(O)Cc2c(O)c3c(c(O)c2[C@@H](O[C@H]2C[C@@H](N)[C@@H](O)[C@@H](C)O2)C1)C(=O)c1ccccc1C3=O. The molecule has 0 aromatic heterocycles. The number of aliphatic hydroxyl groups excluding tert-OH is 1. The maximum absolute atomic E-state index is 13.3. The van der Waals surface area contributed by atoms with Gasteiger partial charge in [-0.3, -0.25) is 14.4 Å². The van der Waals surface area contributed by atoms with Crippen LogP contribution in [0.2, 0.25) is 0 Å². The number of ketones is 3. The Labute approximate surface area is 206 Å². The van der Waals surface area contributed by atoms with Gasteiger partial charge in [0, 0.05) is 47.6 Å². The highest BCUT2D eigenvalue weighted by Crippen LogP contribution is 2.51. The lowest BCUT2D eigenvalue weighted by Gasteiger charge is -2.42. The largest absolute Gasteiger partial charge is 0.507 e. The molecule has 0 amide bonds. The first kappa shape index (κ1) is 24.5. The van der Waals surface area contributed by atoms with Crippen LogP contribution in [0.4, 0.5) is 0 Å². The van der Waals surface area contributed by atoms with Crippen LogP contribution in [0.1, 0.15) is 75.8 Å². The number of carbonyl (C=O) groups is 3. The molecule has 0 radical (unpaired) electrons. The number of hydrogen-bond donors (Lipinski definition) is 5. The molecule has 5 rings (SSSR count). The minimum Gasteiger partial charge on any atom is -0.507 e. The predicted molar refractivity (Wildman–Crippen MR) is 124 cm³/mol. The van der Waals surface area contributed by atoms with Crippen molar-refractivity contribution in [3.8, 4) is 11.5 Å². The van der Waals surface area contributed by atoms with Gasteiger partial charge in [0.25, 0.3) is 0 Å². The van der Waals surface area contributed by atoms with Crippen LogP contribution in [-0.2, 0) is 20.7 Å². The molecule has 1 aliphatic heterocycles. The topological polar surface area (TPSA) is 177 Å². The molecule has 6 N–H and O–H groups in total. The van der Waals surface area contributed by atoms with E-state index in [1.807, 2.05) is 0 Å². The first-order valence-corrected chi connectivity index (χ1v) is 11.7. The summed E-state index contributed by atoms with van der Waals surface area (Å²) in [4.78, 5) is 39.0. The summed E-state index contributed by atoms with van der Waals surface area (Å²) in [5.74, 6) is -3.06. The molecule has 1 saturated heterocycles. The maximum Gasteiger partial charge on any atom is 0.198 e. The van der Waals surface area contributed by atoms with E-state index < -0.39 is 71.5 Å². The van der Waals surface area contributed by atoms with Crippen molar-refractivity contribution in [1.29, 1.82) is 0 Å². The molecule has 36 heavy (non-hydrogen) atoms. The third-order valence-corrected chi connectivity index (χ3v) is 7.50. The Morgan fingerprint density at radius 2 is 1.69 bits per heavy atom. The molecular weight excluding hydrogens is 470 g/mol. The van der Waals surface area contributed by atoms with Crippen molar-refractivity contribution in [2.75, 3.05) is 0 Å². The van der Waals surface area contributed by atoms with Gasteiger partial charge in [-0.25, -0.2) is 0 Å². The minimum atomic E-state index is -1.97. The second-order valence-corrected chi connectivity index (χ2v) is 9.80. The quantitative estimate of drug-likeness (QED) is 0.328. The van der Waals surface area contributed by atoms with Gasteiger partial charge in [0.05, 0.1) is 29.4 Å². The number of rotatable bonds is 3. The van der Waals surface area contributed by atoms with Crippen LogP contribution in [0.3, 0.4) is 0 Å². The number of ether oxygens (including phenoxy) is 2. The first-order valence-electron chi connectivity index (χ1n) is 11.7. The van der Waals surface area contributed by atoms with Crippen molar-refractivity contribution in [2.45, 2.75) is 69.4 Å². The Hall–Kier alpha value is -3.15. The van der Waals surface area contributed by atoms with E-state index in [1.165, 1.54) is 19.1 Å². The summed E-state index contributed by atoms with van der Waals surface area (Å²) in [6.45, 7) is 2.80. The summed E-state index contributed by atoms with van der Waals surface area (Å²) in [5, 5.41) is 43.8. The van der Waals surface area contributed by atoms with E-state index in [0.717, 1.165) is 0 Å². The third kappa shape index (κ3) is 3.56. The zero-order valence-electron chi connectivity index (χ0n) is 19.7. The number of benzene rings is 2. The summed E-state index contributed by atoms with van der Waals surface area (Å²) in [7, 11) is 0. The number of carbonyl (C=O) groups excluding carboxylic acids is 3. The third-order valence-electron chi connectivity index (χ3n) is 7.50. The van der Waals surface area contributed by atoms with Crippen molar-refractivity contribution in [2.24, 2.45) is 5.73 Å². The Balaban J connectivity index is 1.66. The summed E-state index contributed by atoms with van der Waals surface area (Å²) >= 11 is 0. The van der Waals surface area contributed by atoms with Crippen LogP contribution in [-0.4, -0.2) is 67.9 Å². The van der Waals surface area contributed by atoms with Crippen LogP contribution in [0.25, 0.3) is 0 Å². The van der Waals surface area contributed by atoms with Gasteiger partial charge in [0.1, 0.15) is 17.1 Å². The second kappa shape index (κ2) is 8.46. The van der Waals surface area contributed by atoms with Gasteiger partial charge in [-0.1, -0.05) is 24.3 Å². The molecule has 1 heterocycles. The van der Waals surface area contributed by atoms with Crippen LogP contribution < -0.4 is 5.73 Å². The number of hydrogen-bond acceptors (Lipinski definition) is 10. The van der Waals surface area contributed by atoms with Gasteiger partial charge in [0.15, 0.2) is 23.6 Å². The lowest BCUT2D eigenvalue weighted by atomic mass is 9.72. The smallest absolute Gasteiger partial charge is 0.198 e. The lowest BCUT2D eigenvalue weighted by Crippen LogP contribution is -2.52. The van der Waals surface area contributed by atoms with Gasteiger partial charge < -0.3 is 35.6 Å². The average molecular weight is 498 g/mol. The fourth-order valence-corrected chi connectivity index (χ4v) is 5.42. The zero-order valence-corrected chi connectivity index (χ0v) is 19.7. The molecule has 0 bridgehead atoms. The van der Waals surface area contributed by atoms with Gasteiger partial charge in [-0.05, 0) is 13.8 Å². The molecule has 190 valence electrons. The second-order valence-electron chi connectivity index (χ2n) is 9.80. The molecule has 2 aromatic rings. The van der Waals surface area contributed by atoms with Crippen molar-refractivity contribution in [3.05, 3.63) is 57.6 Å². The van der Waals surface area contributed by atoms with Crippen molar-refractivity contribution >= 4 is 17.3 Å². The van der Waals surface area contributed by atoms with Gasteiger partial charge >= 0.3 is 0 Å². The number of phenolic OH excluding ortho intramolecular Hbond substituents is 2. The van der Waals surface area contributed by atoms with Crippen molar-refractivity contribution in [1.82, 2.24) is 0 Å². The fourth-order valence-electron chi connectivity index (χ4n) is 5.42. The minimum absolute atomic E-state index is 0.00588. The molecule has 3 aliphatic rings. The monoisotopic (exact) mass is 497 g/mol. The van der Waals surface area contributed by atoms with E-state index in [4.69, 9.17) is 15.2 Å². The van der Waals surface area contributed by atoms with E-state index in [0.29, 0.717) is 0 Å². The molecule has 0 spiro atoms. The molecular formula is C26H27NO9. The molecule has 2 aromatic carbocycles. The number of fused-ring (bicyclic) bond motifs is 3. The van der Waals surface area contributed by atoms with Crippen molar-refractivity contribution < 1.29 is 44.3 Å². The number of aromatic hydroxyl groups is 2. The Morgan fingerprint density at radius 3 is 2.25 bits per heavy atom. The molecule has 10 heteroatoms. The molecule has 6 atom stereocenters. The van der Waals surface area contributed by atoms with E-state index in [9.17, 15) is 34.8 Å². The summed E-state index contributed by atoms with van der Waals surface area (Å²) in [6, 6.07) is 5.40. The zero-order chi connectivity index (χ0) is 26.1. The molecule has 0 saturated carbocycles. The number of nitrogens with two attached hydrogens (primary N) is 1. The summed E-state index contributed by atoms with van der Waals surface area (Å²) < 4.78 is 11.8. The van der Waals surface area contributed by atoms with E-state index in [2.05, 4.69) is 0 Å². The highest BCUT2D eigenvalue weighted by atomic mass is 16.7. The molecule has 0 unspecified atom stereocenters. The Morgan fingerprint density at radius 1 is 1.11 bits per heavy atom. The van der Waals surface area contributed by atoms with Crippen LogP contribution in [0.5, 0.6) is 11.5 Å². The standard InChI is InChI=1S/C26H27NO9/c1-10-21(29)15(27)7-17(35-10)36-16-9-26(34,11(2)28)8-14-18(16)25(33)20-19(24(14)32)22(30)12-5-3-4-6-13(12)23(20)31/h3-6,10,15-17,21,29,32-34H,7-9,27H2,1-2H3/t10-,15-,16+,17+,21+,26+/m1/s1. The maximum atomic E-state index is 13.3. The average Bonchev–Trinajstić information content (AvgIpc) is 2.82. The van der Waals surface area contributed by atoms with E-state index in [-0.39, 0.29) is 46.2 Å². The normalized spacial score (nSPS) is 31.4. The number of phenols is 2. The van der Waals surface area contributed by atoms with Crippen LogP contribution >= 0.6 is 0 Å². The van der Waals surface area contributed by atoms with E-state index >= 15 is 0 Å². The molecule has 1 fully saturated rings. The number of Topliss-reactive ketones (excluding diaryl/α,β-unsaturated/α-hetero) is 1. The van der Waals surface area contributed by atoms with E-state index in [1.54, 1.807) is 19.1 Å².